The summed E-state index contributed by atoms with van der Waals surface area (Å²) in [7, 11) is 0. The Bertz CT molecular complexity index is 821. The minimum atomic E-state index is -0.365. The van der Waals surface area contributed by atoms with E-state index in [9.17, 15) is 9.59 Å². The van der Waals surface area contributed by atoms with Crippen molar-refractivity contribution in [2.75, 3.05) is 31.5 Å². The van der Waals surface area contributed by atoms with Crippen LogP contribution in [0.5, 0.6) is 0 Å². The highest BCUT2D eigenvalue weighted by Crippen LogP contribution is 2.33. The van der Waals surface area contributed by atoms with Gasteiger partial charge < -0.3 is 10.2 Å². The van der Waals surface area contributed by atoms with Gasteiger partial charge in [-0.3, -0.25) is 14.5 Å². The molecule has 0 bridgehead atoms. The van der Waals surface area contributed by atoms with Crippen molar-refractivity contribution in [3.05, 3.63) is 65.7 Å². The van der Waals surface area contributed by atoms with Gasteiger partial charge in [0.25, 0.3) is 0 Å². The van der Waals surface area contributed by atoms with Crippen LogP contribution in [0.3, 0.4) is 0 Å². The fourth-order valence-electron chi connectivity index (χ4n) is 4.04. The molecule has 2 aromatic rings. The van der Waals surface area contributed by atoms with Gasteiger partial charge in [-0.2, -0.15) is 0 Å². The molecule has 1 fully saturated rings. The van der Waals surface area contributed by atoms with Gasteiger partial charge in [0, 0.05) is 44.8 Å². The van der Waals surface area contributed by atoms with E-state index in [-0.39, 0.29) is 24.2 Å². The Morgan fingerprint density at radius 1 is 0.963 bits per heavy atom. The van der Waals surface area contributed by atoms with E-state index >= 15 is 0 Å². The van der Waals surface area contributed by atoms with Gasteiger partial charge in [0.2, 0.25) is 11.8 Å². The highest BCUT2D eigenvalue weighted by Gasteiger charge is 2.33. The molecule has 5 heteroatoms. The summed E-state index contributed by atoms with van der Waals surface area (Å²) in [5, 5.41) is 2.88. The van der Waals surface area contributed by atoms with Crippen LogP contribution < -0.4 is 5.32 Å². The molecule has 0 radical (unpaired) electrons. The summed E-state index contributed by atoms with van der Waals surface area (Å²) in [5.41, 5.74) is 3.01. The molecule has 1 atom stereocenters. The average Bonchev–Trinajstić information content (AvgIpc) is 2.93. The number of carbonyl (C=O) groups excluding carboxylic acids is 2. The van der Waals surface area contributed by atoms with Crippen LogP contribution in [0.25, 0.3) is 0 Å². The quantitative estimate of drug-likeness (QED) is 0.912. The molecule has 27 heavy (non-hydrogen) atoms. The molecule has 0 aromatic heterocycles. The molecule has 1 saturated heterocycles. The second kappa shape index (κ2) is 7.92. The topological polar surface area (TPSA) is 52.7 Å². The average molecular weight is 363 g/mol. The lowest BCUT2D eigenvalue weighted by Crippen LogP contribution is -2.40. The number of benzene rings is 2. The third kappa shape index (κ3) is 4.03. The number of hydrogen-bond donors (Lipinski definition) is 1. The molecule has 4 rings (SSSR count). The van der Waals surface area contributed by atoms with Crippen molar-refractivity contribution in [1.82, 2.24) is 9.80 Å². The molecule has 2 aliphatic rings. The Morgan fingerprint density at radius 3 is 2.59 bits per heavy atom. The van der Waals surface area contributed by atoms with Gasteiger partial charge in [-0.25, -0.2) is 0 Å². The van der Waals surface area contributed by atoms with Crippen molar-refractivity contribution < 1.29 is 9.59 Å². The number of rotatable bonds is 3. The SMILES string of the molecule is O=C1CC(C(=O)N2CCCN(Cc3ccccc3)CC2)c2ccccc2N1. The van der Waals surface area contributed by atoms with Crippen molar-refractivity contribution in [2.45, 2.75) is 25.3 Å². The van der Waals surface area contributed by atoms with E-state index < -0.39 is 0 Å². The van der Waals surface area contributed by atoms with Gasteiger partial charge in [0.1, 0.15) is 0 Å². The van der Waals surface area contributed by atoms with E-state index in [1.54, 1.807) is 0 Å². The summed E-state index contributed by atoms with van der Waals surface area (Å²) >= 11 is 0. The Hall–Kier alpha value is -2.66. The third-order valence-corrected chi connectivity index (χ3v) is 5.45. The Labute approximate surface area is 160 Å². The van der Waals surface area contributed by atoms with Gasteiger partial charge in [0.15, 0.2) is 0 Å². The Balaban J connectivity index is 1.43. The van der Waals surface area contributed by atoms with Crippen molar-refractivity contribution >= 4 is 17.5 Å². The number of fused-ring (bicyclic) bond motifs is 1. The maximum absolute atomic E-state index is 13.2. The first-order valence-corrected chi connectivity index (χ1v) is 9.64. The molecule has 1 unspecified atom stereocenters. The van der Waals surface area contributed by atoms with Gasteiger partial charge in [-0.15, -0.1) is 0 Å². The lowest BCUT2D eigenvalue weighted by atomic mass is 9.89. The molecule has 1 N–H and O–H groups in total. The summed E-state index contributed by atoms with van der Waals surface area (Å²) in [5.74, 6) is -0.359. The molecule has 2 aromatic carbocycles. The maximum Gasteiger partial charge on any atom is 0.230 e. The van der Waals surface area contributed by atoms with Crippen LogP contribution in [0.2, 0.25) is 0 Å². The van der Waals surface area contributed by atoms with Gasteiger partial charge >= 0.3 is 0 Å². The molecule has 140 valence electrons. The number of anilines is 1. The number of carbonyl (C=O) groups is 2. The van der Waals surface area contributed by atoms with Crippen LogP contribution in [0.4, 0.5) is 5.69 Å². The first-order valence-electron chi connectivity index (χ1n) is 9.64. The molecular weight excluding hydrogens is 338 g/mol. The molecule has 5 nitrogen and oxygen atoms in total. The number of para-hydroxylation sites is 1. The predicted octanol–water partition coefficient (Wildman–Crippen LogP) is 2.85. The monoisotopic (exact) mass is 363 g/mol. The van der Waals surface area contributed by atoms with E-state index in [1.807, 2.05) is 35.2 Å². The van der Waals surface area contributed by atoms with Crippen LogP contribution in [0.15, 0.2) is 54.6 Å². The first-order chi connectivity index (χ1) is 13.2. The summed E-state index contributed by atoms with van der Waals surface area (Å²) in [6.45, 7) is 4.23. The second-order valence-electron chi connectivity index (χ2n) is 7.33. The molecule has 2 amide bonds. The van der Waals surface area contributed by atoms with Crippen molar-refractivity contribution in [3.63, 3.8) is 0 Å². The molecule has 0 saturated carbocycles. The zero-order valence-electron chi connectivity index (χ0n) is 15.4. The largest absolute Gasteiger partial charge is 0.341 e. The molecule has 0 spiro atoms. The van der Waals surface area contributed by atoms with Crippen LogP contribution in [-0.4, -0.2) is 47.8 Å². The minimum Gasteiger partial charge on any atom is -0.341 e. The van der Waals surface area contributed by atoms with E-state index in [0.29, 0.717) is 6.54 Å². The van der Waals surface area contributed by atoms with Crippen LogP contribution in [0, 0.1) is 0 Å². The molecule has 2 aliphatic heterocycles. The fraction of sp³-hybridized carbons (Fsp3) is 0.364. The van der Waals surface area contributed by atoms with E-state index in [0.717, 1.165) is 43.9 Å². The molecular formula is C22H25N3O2. The predicted molar refractivity (Wildman–Crippen MR) is 105 cm³/mol. The lowest BCUT2D eigenvalue weighted by molar-refractivity contribution is -0.134. The standard InChI is InChI=1S/C22H25N3O2/c26-21-15-19(18-9-4-5-10-20(18)23-21)22(27)25-12-6-11-24(13-14-25)16-17-7-2-1-3-8-17/h1-5,7-10,19H,6,11-16H2,(H,23,26). The summed E-state index contributed by atoms with van der Waals surface area (Å²) in [4.78, 5) is 29.6. The first kappa shape index (κ1) is 17.7. The van der Waals surface area contributed by atoms with Crippen molar-refractivity contribution in [1.29, 1.82) is 0 Å². The van der Waals surface area contributed by atoms with E-state index in [1.165, 1.54) is 5.56 Å². The zero-order chi connectivity index (χ0) is 18.6. The third-order valence-electron chi connectivity index (χ3n) is 5.45. The van der Waals surface area contributed by atoms with Crippen molar-refractivity contribution in [3.8, 4) is 0 Å². The smallest absolute Gasteiger partial charge is 0.230 e. The number of hydrogen-bond acceptors (Lipinski definition) is 3. The molecule has 0 aliphatic carbocycles. The summed E-state index contributed by atoms with van der Waals surface area (Å²) < 4.78 is 0. The van der Waals surface area contributed by atoms with Crippen molar-refractivity contribution in [2.24, 2.45) is 0 Å². The highest BCUT2D eigenvalue weighted by atomic mass is 16.2. The zero-order valence-corrected chi connectivity index (χ0v) is 15.4. The maximum atomic E-state index is 13.2. The number of nitrogens with one attached hydrogen (secondary N) is 1. The highest BCUT2D eigenvalue weighted by molar-refractivity contribution is 6.01. The van der Waals surface area contributed by atoms with Gasteiger partial charge in [-0.1, -0.05) is 48.5 Å². The Kier molecular flexibility index (Phi) is 5.21. The van der Waals surface area contributed by atoms with Crippen LogP contribution in [-0.2, 0) is 16.1 Å². The summed E-state index contributed by atoms with van der Waals surface area (Å²) in [6.07, 6.45) is 1.19. The van der Waals surface area contributed by atoms with Crippen LogP contribution >= 0.6 is 0 Å². The summed E-state index contributed by atoms with van der Waals surface area (Å²) in [6, 6.07) is 18.1. The minimum absolute atomic E-state index is 0.0763. The number of nitrogens with zero attached hydrogens (tertiary/aromatic N) is 2. The second-order valence-corrected chi connectivity index (χ2v) is 7.33. The number of amides is 2. The molecule has 2 heterocycles. The lowest BCUT2D eigenvalue weighted by Gasteiger charge is -2.30. The van der Waals surface area contributed by atoms with Gasteiger partial charge in [-0.05, 0) is 23.6 Å². The van der Waals surface area contributed by atoms with Crippen LogP contribution in [0.1, 0.15) is 29.9 Å². The normalized spacial score (nSPS) is 20.5. The van der Waals surface area contributed by atoms with Gasteiger partial charge in [0.05, 0.1) is 5.92 Å². The Morgan fingerprint density at radius 2 is 1.74 bits per heavy atom. The van der Waals surface area contributed by atoms with E-state index in [4.69, 9.17) is 0 Å². The van der Waals surface area contributed by atoms with E-state index in [2.05, 4.69) is 34.5 Å². The fourth-order valence-corrected chi connectivity index (χ4v) is 4.04.